The quantitative estimate of drug-likeness (QED) is 0.763. The smallest absolute Gasteiger partial charge is 0.255 e. The van der Waals surface area contributed by atoms with E-state index in [0.717, 1.165) is 10.7 Å². The SMILES string of the molecule is O=C(NCc1cn2ccsc2n1)C1CSCN1C(=O)c1ccccc1. The molecule has 1 saturated heterocycles. The molecule has 1 aliphatic heterocycles. The number of thiazole rings is 1. The number of carbonyl (C=O) groups excluding carboxylic acids is 2. The Kier molecular flexibility index (Phi) is 4.46. The van der Waals surface area contributed by atoms with Crippen molar-refractivity contribution in [2.45, 2.75) is 12.6 Å². The molecule has 0 spiro atoms. The van der Waals surface area contributed by atoms with Crippen molar-refractivity contribution in [1.82, 2.24) is 19.6 Å². The number of carbonyl (C=O) groups is 2. The molecule has 1 N–H and O–H groups in total. The second kappa shape index (κ2) is 6.89. The van der Waals surface area contributed by atoms with Gasteiger partial charge in [-0.15, -0.1) is 23.1 Å². The fourth-order valence-electron chi connectivity index (χ4n) is 2.76. The number of imidazole rings is 1. The zero-order chi connectivity index (χ0) is 17.2. The zero-order valence-electron chi connectivity index (χ0n) is 13.3. The van der Waals surface area contributed by atoms with Crippen LogP contribution in [0.5, 0.6) is 0 Å². The summed E-state index contributed by atoms with van der Waals surface area (Å²) < 4.78 is 1.93. The van der Waals surface area contributed by atoms with Gasteiger partial charge in [0.25, 0.3) is 5.91 Å². The molecule has 128 valence electrons. The highest BCUT2D eigenvalue weighted by molar-refractivity contribution is 7.99. The van der Waals surface area contributed by atoms with E-state index in [0.29, 0.717) is 23.7 Å². The van der Waals surface area contributed by atoms with Crippen molar-refractivity contribution < 1.29 is 9.59 Å². The lowest BCUT2D eigenvalue weighted by Crippen LogP contribution is -2.47. The lowest BCUT2D eigenvalue weighted by Gasteiger charge is -2.23. The van der Waals surface area contributed by atoms with Crippen LogP contribution in [0.15, 0.2) is 48.1 Å². The molecule has 1 fully saturated rings. The van der Waals surface area contributed by atoms with Gasteiger partial charge in [0.2, 0.25) is 5.91 Å². The molecule has 0 bridgehead atoms. The molecule has 6 nitrogen and oxygen atoms in total. The van der Waals surface area contributed by atoms with Crippen molar-refractivity contribution >= 4 is 39.9 Å². The van der Waals surface area contributed by atoms with Crippen LogP contribution in [0, 0.1) is 0 Å². The molecule has 1 aromatic carbocycles. The van der Waals surface area contributed by atoms with Gasteiger partial charge < -0.3 is 10.2 Å². The summed E-state index contributed by atoms with van der Waals surface area (Å²) in [4.78, 5) is 32.2. The van der Waals surface area contributed by atoms with Crippen molar-refractivity contribution in [3.63, 3.8) is 0 Å². The predicted octanol–water partition coefficient (Wildman–Crippen LogP) is 2.23. The van der Waals surface area contributed by atoms with Crippen LogP contribution >= 0.6 is 23.1 Å². The lowest BCUT2D eigenvalue weighted by molar-refractivity contribution is -0.124. The van der Waals surface area contributed by atoms with E-state index in [1.165, 1.54) is 0 Å². The summed E-state index contributed by atoms with van der Waals surface area (Å²) in [6.07, 6.45) is 3.84. The van der Waals surface area contributed by atoms with Gasteiger partial charge in [-0.05, 0) is 12.1 Å². The highest BCUT2D eigenvalue weighted by Crippen LogP contribution is 2.23. The second-order valence-electron chi connectivity index (χ2n) is 5.70. The number of amides is 2. The van der Waals surface area contributed by atoms with Crippen LogP contribution in [0.4, 0.5) is 0 Å². The fourth-order valence-corrected chi connectivity index (χ4v) is 4.64. The number of fused-ring (bicyclic) bond motifs is 1. The van der Waals surface area contributed by atoms with Gasteiger partial charge in [-0.3, -0.25) is 14.0 Å². The summed E-state index contributed by atoms with van der Waals surface area (Å²) >= 11 is 3.15. The number of hydrogen-bond donors (Lipinski definition) is 1. The van der Waals surface area contributed by atoms with Gasteiger partial charge in [0.05, 0.1) is 18.1 Å². The Hall–Kier alpha value is -2.32. The van der Waals surface area contributed by atoms with E-state index < -0.39 is 6.04 Å². The van der Waals surface area contributed by atoms with E-state index in [2.05, 4.69) is 10.3 Å². The number of nitrogens with one attached hydrogen (secondary N) is 1. The minimum Gasteiger partial charge on any atom is -0.349 e. The van der Waals surface area contributed by atoms with Crippen LogP contribution in [0.2, 0.25) is 0 Å². The molecular formula is C17H16N4O2S2. The summed E-state index contributed by atoms with van der Waals surface area (Å²) in [5.41, 5.74) is 1.42. The molecule has 8 heteroatoms. The number of rotatable bonds is 4. The van der Waals surface area contributed by atoms with Crippen molar-refractivity contribution in [2.24, 2.45) is 0 Å². The topological polar surface area (TPSA) is 66.7 Å². The van der Waals surface area contributed by atoms with Crippen LogP contribution < -0.4 is 5.32 Å². The van der Waals surface area contributed by atoms with E-state index in [9.17, 15) is 9.59 Å². The highest BCUT2D eigenvalue weighted by atomic mass is 32.2. The van der Waals surface area contributed by atoms with Crippen LogP contribution in [-0.2, 0) is 11.3 Å². The van der Waals surface area contributed by atoms with E-state index >= 15 is 0 Å². The maximum absolute atomic E-state index is 12.6. The largest absolute Gasteiger partial charge is 0.349 e. The first-order valence-corrected chi connectivity index (χ1v) is 9.88. The summed E-state index contributed by atoms with van der Waals surface area (Å²) in [5, 5.41) is 4.88. The third-order valence-corrected chi connectivity index (χ3v) is 5.84. The van der Waals surface area contributed by atoms with Gasteiger partial charge in [-0.1, -0.05) is 18.2 Å². The first kappa shape index (κ1) is 16.2. The van der Waals surface area contributed by atoms with E-state index in [4.69, 9.17) is 0 Å². The van der Waals surface area contributed by atoms with Crippen molar-refractivity contribution in [2.75, 3.05) is 11.6 Å². The lowest BCUT2D eigenvalue weighted by atomic mass is 10.1. The van der Waals surface area contributed by atoms with Gasteiger partial charge in [-0.25, -0.2) is 4.98 Å². The monoisotopic (exact) mass is 372 g/mol. The second-order valence-corrected chi connectivity index (χ2v) is 7.57. The molecule has 1 unspecified atom stereocenters. The van der Waals surface area contributed by atoms with Gasteiger partial charge >= 0.3 is 0 Å². The average Bonchev–Trinajstić information content (AvgIpc) is 3.35. The maximum atomic E-state index is 12.6. The molecule has 1 aliphatic rings. The van der Waals surface area contributed by atoms with Gasteiger partial charge in [0, 0.05) is 29.1 Å². The molecule has 2 amide bonds. The van der Waals surface area contributed by atoms with E-state index in [-0.39, 0.29) is 11.8 Å². The third-order valence-electron chi connectivity index (χ3n) is 4.05. The Morgan fingerprint density at radius 2 is 2.12 bits per heavy atom. The Bertz CT molecular complexity index is 877. The van der Waals surface area contributed by atoms with Crippen molar-refractivity contribution in [3.8, 4) is 0 Å². The molecule has 0 aliphatic carbocycles. The summed E-state index contributed by atoms with van der Waals surface area (Å²) in [7, 11) is 0. The van der Waals surface area contributed by atoms with Gasteiger partial charge in [0.15, 0.2) is 4.96 Å². The van der Waals surface area contributed by atoms with Crippen LogP contribution in [-0.4, -0.2) is 43.8 Å². The standard InChI is InChI=1S/C17H16N4O2S2/c22-15(18-8-13-9-20-6-7-25-17(20)19-13)14-10-24-11-21(14)16(23)12-4-2-1-3-5-12/h1-7,9,14H,8,10-11H2,(H,18,22). The number of thioether (sulfide) groups is 1. The van der Waals surface area contributed by atoms with Crippen LogP contribution in [0.1, 0.15) is 16.1 Å². The first-order valence-electron chi connectivity index (χ1n) is 7.85. The Labute approximate surface area is 152 Å². The molecule has 0 radical (unpaired) electrons. The van der Waals surface area contributed by atoms with Crippen LogP contribution in [0.25, 0.3) is 4.96 Å². The van der Waals surface area contributed by atoms with Crippen molar-refractivity contribution in [1.29, 1.82) is 0 Å². The summed E-state index contributed by atoms with van der Waals surface area (Å²) in [6.45, 7) is 0.363. The predicted molar refractivity (Wildman–Crippen MR) is 98.6 cm³/mol. The first-order chi connectivity index (χ1) is 12.2. The fraction of sp³-hybridized carbons (Fsp3) is 0.235. The summed E-state index contributed by atoms with van der Waals surface area (Å²) in [6, 6.07) is 8.64. The molecule has 0 saturated carbocycles. The molecule has 3 heterocycles. The normalized spacial score (nSPS) is 17.1. The molecule has 3 aromatic rings. The molecular weight excluding hydrogens is 356 g/mol. The number of nitrogens with zero attached hydrogens (tertiary/aromatic N) is 3. The number of hydrogen-bond acceptors (Lipinski definition) is 5. The highest BCUT2D eigenvalue weighted by Gasteiger charge is 2.34. The van der Waals surface area contributed by atoms with E-state index in [1.807, 2.05) is 40.4 Å². The number of aromatic nitrogens is 2. The molecule has 25 heavy (non-hydrogen) atoms. The Balaban J connectivity index is 1.41. The van der Waals surface area contributed by atoms with Gasteiger partial charge in [-0.2, -0.15) is 0 Å². The summed E-state index contributed by atoms with van der Waals surface area (Å²) in [5.74, 6) is 0.910. The molecule has 1 atom stereocenters. The minimum atomic E-state index is -0.443. The van der Waals surface area contributed by atoms with E-state index in [1.54, 1.807) is 40.1 Å². The third kappa shape index (κ3) is 3.27. The average molecular weight is 372 g/mol. The van der Waals surface area contributed by atoms with Gasteiger partial charge in [0.1, 0.15) is 6.04 Å². The van der Waals surface area contributed by atoms with Crippen LogP contribution in [0.3, 0.4) is 0 Å². The minimum absolute atomic E-state index is 0.103. The molecule has 4 rings (SSSR count). The maximum Gasteiger partial charge on any atom is 0.255 e. The Morgan fingerprint density at radius 1 is 1.28 bits per heavy atom. The molecule has 2 aromatic heterocycles. The Morgan fingerprint density at radius 3 is 2.92 bits per heavy atom. The number of benzene rings is 1. The zero-order valence-corrected chi connectivity index (χ0v) is 14.9. The van der Waals surface area contributed by atoms with Crippen molar-refractivity contribution in [3.05, 3.63) is 59.4 Å².